The summed E-state index contributed by atoms with van der Waals surface area (Å²) in [5.74, 6) is -1.79. The van der Waals surface area contributed by atoms with Crippen LogP contribution in [0, 0.1) is 0 Å². The van der Waals surface area contributed by atoms with Gasteiger partial charge in [-0.3, -0.25) is 14.4 Å². The molecule has 8 heteroatoms. The molecule has 0 spiro atoms. The number of hydrogen-bond acceptors (Lipinski definition) is 5. The summed E-state index contributed by atoms with van der Waals surface area (Å²) in [5.41, 5.74) is 1.24. The van der Waals surface area contributed by atoms with E-state index in [9.17, 15) is 19.2 Å². The molecule has 2 aromatic rings. The third-order valence-electron chi connectivity index (χ3n) is 5.37. The summed E-state index contributed by atoms with van der Waals surface area (Å²) >= 11 is 0. The highest BCUT2D eigenvalue weighted by molar-refractivity contribution is 6.02. The maximum atomic E-state index is 12.7. The maximum absolute atomic E-state index is 12.7. The summed E-state index contributed by atoms with van der Waals surface area (Å²) in [6.07, 6.45) is -1.12. The molecular weight excluding hydrogens is 386 g/mol. The number of nitrogens with one attached hydrogen (secondary N) is 1. The molecule has 2 fully saturated rings. The van der Waals surface area contributed by atoms with Crippen molar-refractivity contribution in [2.75, 3.05) is 6.54 Å². The number of esters is 1. The molecular formula is C22H21N3O5. The zero-order chi connectivity index (χ0) is 21.3. The van der Waals surface area contributed by atoms with Gasteiger partial charge in [-0.2, -0.15) is 0 Å². The van der Waals surface area contributed by atoms with Crippen molar-refractivity contribution in [2.24, 2.45) is 0 Å². The number of nitrogens with zero attached hydrogens (tertiary/aromatic N) is 2. The number of carbonyl (C=O) groups excluding carboxylic acids is 4. The molecule has 0 saturated carbocycles. The fourth-order valence-corrected chi connectivity index (χ4v) is 3.83. The number of rotatable bonds is 5. The second-order valence-corrected chi connectivity index (χ2v) is 7.27. The molecule has 1 N–H and O–H groups in total. The van der Waals surface area contributed by atoms with E-state index in [0.29, 0.717) is 5.56 Å². The Labute approximate surface area is 173 Å². The molecule has 3 atom stereocenters. The van der Waals surface area contributed by atoms with Crippen LogP contribution in [-0.4, -0.2) is 58.3 Å². The lowest BCUT2D eigenvalue weighted by molar-refractivity contribution is -0.169. The van der Waals surface area contributed by atoms with Gasteiger partial charge >= 0.3 is 5.97 Å². The Hall–Kier alpha value is -3.68. The lowest BCUT2D eigenvalue weighted by atomic mass is 9.96. The normalized spacial score (nSPS) is 22.2. The second-order valence-electron chi connectivity index (χ2n) is 7.27. The third-order valence-corrected chi connectivity index (χ3v) is 5.37. The Balaban J connectivity index is 1.45. The first-order valence-electron chi connectivity index (χ1n) is 9.63. The van der Waals surface area contributed by atoms with Crippen LogP contribution in [0.1, 0.15) is 22.8 Å². The number of hydrogen-bond donors (Lipinski definition) is 1. The van der Waals surface area contributed by atoms with E-state index in [2.05, 4.69) is 5.32 Å². The van der Waals surface area contributed by atoms with E-state index in [1.165, 1.54) is 16.7 Å². The van der Waals surface area contributed by atoms with E-state index in [1.807, 2.05) is 30.3 Å². The van der Waals surface area contributed by atoms with Gasteiger partial charge in [0.05, 0.1) is 6.04 Å². The van der Waals surface area contributed by atoms with Crippen molar-refractivity contribution in [1.29, 1.82) is 0 Å². The van der Waals surface area contributed by atoms with E-state index < -0.39 is 30.1 Å². The van der Waals surface area contributed by atoms with Crippen LogP contribution in [0.15, 0.2) is 60.7 Å². The van der Waals surface area contributed by atoms with Gasteiger partial charge < -0.3 is 19.9 Å². The molecule has 2 aliphatic heterocycles. The fourth-order valence-electron chi connectivity index (χ4n) is 3.83. The van der Waals surface area contributed by atoms with Crippen LogP contribution in [0.5, 0.6) is 0 Å². The largest absolute Gasteiger partial charge is 0.458 e. The fraction of sp³-hybridized carbons (Fsp3) is 0.273. The molecule has 8 nitrogen and oxygen atoms in total. The number of ether oxygens (including phenoxy) is 1. The highest BCUT2D eigenvalue weighted by Gasteiger charge is 2.60. The Morgan fingerprint density at radius 3 is 2.30 bits per heavy atom. The molecule has 0 aliphatic carbocycles. The van der Waals surface area contributed by atoms with Gasteiger partial charge in [-0.05, 0) is 17.7 Å². The zero-order valence-corrected chi connectivity index (χ0v) is 16.4. The lowest BCUT2D eigenvalue weighted by Gasteiger charge is -2.43. The summed E-state index contributed by atoms with van der Waals surface area (Å²) in [7, 11) is 0. The van der Waals surface area contributed by atoms with Gasteiger partial charge in [-0.1, -0.05) is 48.5 Å². The van der Waals surface area contributed by atoms with Gasteiger partial charge in [-0.25, -0.2) is 4.79 Å². The van der Waals surface area contributed by atoms with E-state index in [-0.39, 0.29) is 25.0 Å². The molecule has 2 aliphatic rings. The van der Waals surface area contributed by atoms with Crippen LogP contribution in [-0.2, 0) is 25.7 Å². The van der Waals surface area contributed by atoms with Crippen molar-refractivity contribution in [3.63, 3.8) is 0 Å². The SMILES string of the molecule is CC(=O)N1CC2[C@@H](NC(=O)c3ccccc3)C(=O)N2C1C(=O)OCc1ccccc1. The Kier molecular flexibility index (Phi) is 5.22. The highest BCUT2D eigenvalue weighted by atomic mass is 16.5. The molecule has 0 aromatic heterocycles. The molecule has 2 heterocycles. The van der Waals surface area contributed by atoms with E-state index in [4.69, 9.17) is 4.74 Å². The topological polar surface area (TPSA) is 96.0 Å². The Bertz CT molecular complexity index is 979. The number of amides is 3. The molecule has 4 rings (SSSR count). The third kappa shape index (κ3) is 3.52. The van der Waals surface area contributed by atoms with Crippen LogP contribution in [0.2, 0.25) is 0 Å². The number of carbonyl (C=O) groups is 4. The maximum Gasteiger partial charge on any atom is 0.350 e. The highest BCUT2D eigenvalue weighted by Crippen LogP contribution is 2.33. The van der Waals surface area contributed by atoms with Crippen LogP contribution in [0.4, 0.5) is 0 Å². The predicted octanol–water partition coefficient (Wildman–Crippen LogP) is 0.927. The summed E-state index contributed by atoms with van der Waals surface area (Å²) in [6.45, 7) is 1.54. The van der Waals surface area contributed by atoms with E-state index in [1.54, 1.807) is 30.3 Å². The number of benzene rings is 2. The average Bonchev–Trinajstić information content (AvgIpc) is 3.13. The molecule has 154 valence electrons. The number of fused-ring (bicyclic) bond motifs is 1. The minimum absolute atomic E-state index is 0.0444. The van der Waals surface area contributed by atoms with Crippen molar-refractivity contribution in [3.8, 4) is 0 Å². The van der Waals surface area contributed by atoms with E-state index >= 15 is 0 Å². The van der Waals surface area contributed by atoms with Crippen molar-refractivity contribution in [1.82, 2.24) is 15.1 Å². The van der Waals surface area contributed by atoms with Gasteiger partial charge in [0.25, 0.3) is 5.91 Å². The Morgan fingerprint density at radius 1 is 1.03 bits per heavy atom. The minimum Gasteiger partial charge on any atom is -0.458 e. The van der Waals surface area contributed by atoms with Crippen LogP contribution in [0.25, 0.3) is 0 Å². The quantitative estimate of drug-likeness (QED) is 0.588. The number of β-lactam (4-membered cyclic amide) rings is 1. The summed E-state index contributed by atoms with van der Waals surface area (Å²) in [6, 6.07) is 16.4. The summed E-state index contributed by atoms with van der Waals surface area (Å²) in [4.78, 5) is 52.6. The predicted molar refractivity (Wildman–Crippen MR) is 106 cm³/mol. The van der Waals surface area contributed by atoms with Gasteiger partial charge in [0.15, 0.2) is 0 Å². The second kappa shape index (κ2) is 7.98. The van der Waals surface area contributed by atoms with Crippen molar-refractivity contribution in [3.05, 3.63) is 71.8 Å². The molecule has 30 heavy (non-hydrogen) atoms. The Morgan fingerprint density at radius 2 is 1.67 bits per heavy atom. The first-order valence-corrected chi connectivity index (χ1v) is 9.63. The van der Waals surface area contributed by atoms with Crippen LogP contribution >= 0.6 is 0 Å². The summed E-state index contributed by atoms with van der Waals surface area (Å²) in [5, 5.41) is 2.71. The first kappa shape index (κ1) is 19.6. The van der Waals surface area contributed by atoms with Gasteiger partial charge in [0, 0.05) is 19.0 Å². The van der Waals surface area contributed by atoms with Gasteiger partial charge in [0.2, 0.25) is 18.0 Å². The van der Waals surface area contributed by atoms with Gasteiger partial charge in [0.1, 0.15) is 12.6 Å². The van der Waals surface area contributed by atoms with Gasteiger partial charge in [-0.15, -0.1) is 0 Å². The van der Waals surface area contributed by atoms with Crippen molar-refractivity contribution in [2.45, 2.75) is 31.8 Å². The van der Waals surface area contributed by atoms with Crippen LogP contribution in [0.3, 0.4) is 0 Å². The van der Waals surface area contributed by atoms with Crippen LogP contribution < -0.4 is 5.32 Å². The molecule has 2 saturated heterocycles. The minimum atomic E-state index is -1.12. The zero-order valence-electron chi connectivity index (χ0n) is 16.4. The monoisotopic (exact) mass is 407 g/mol. The van der Waals surface area contributed by atoms with E-state index in [0.717, 1.165) is 5.56 Å². The van der Waals surface area contributed by atoms with Crippen molar-refractivity contribution >= 4 is 23.7 Å². The molecule has 0 bridgehead atoms. The molecule has 3 amide bonds. The standard InChI is InChI=1S/C22H21N3O5/c1-14(26)24-12-17-18(23-19(27)16-10-6-3-7-11-16)21(28)25(17)20(24)22(29)30-13-15-8-4-2-5-9-15/h2-11,17-18,20H,12-13H2,1H3,(H,23,27)/t17?,18-,20?/m1/s1. The smallest absolute Gasteiger partial charge is 0.350 e. The first-order chi connectivity index (χ1) is 14.5. The summed E-state index contributed by atoms with van der Waals surface area (Å²) < 4.78 is 5.36. The van der Waals surface area contributed by atoms with Crippen molar-refractivity contribution < 1.29 is 23.9 Å². The molecule has 2 aromatic carbocycles. The molecule has 0 radical (unpaired) electrons. The lowest BCUT2D eigenvalue weighted by Crippen LogP contribution is -2.71. The molecule has 2 unspecified atom stereocenters. The average molecular weight is 407 g/mol.